The maximum absolute atomic E-state index is 12.7. The molecule has 0 fully saturated rings. The molecule has 0 bridgehead atoms. The summed E-state index contributed by atoms with van der Waals surface area (Å²) in [5.74, 6) is 0. The van der Waals surface area contributed by atoms with Gasteiger partial charge in [-0.2, -0.15) is 0 Å². The molecule has 0 spiro atoms. The molecule has 9 heteroatoms. The number of anilines is 3. The Morgan fingerprint density at radius 2 is 1.42 bits per heavy atom. The largest absolute Gasteiger partial charge is 0.323 e. The molecule has 0 radical (unpaired) electrons. The van der Waals surface area contributed by atoms with Crippen molar-refractivity contribution in [2.45, 2.75) is 32.6 Å². The van der Waals surface area contributed by atoms with Crippen LogP contribution in [0.3, 0.4) is 0 Å². The molecule has 1 heterocycles. The lowest BCUT2D eigenvalue weighted by atomic mass is 10.1. The Morgan fingerprint density at radius 1 is 0.818 bits per heavy atom. The van der Waals surface area contributed by atoms with E-state index in [-0.39, 0.29) is 16.1 Å². The molecular weight excluding hydrogens is 456 g/mol. The third-order valence-corrected chi connectivity index (χ3v) is 7.38. The van der Waals surface area contributed by atoms with Crippen LogP contribution < -0.4 is 15.4 Å². The van der Waals surface area contributed by atoms with E-state index in [1.54, 1.807) is 36.4 Å². The van der Waals surface area contributed by atoms with Crippen LogP contribution in [0.2, 0.25) is 0 Å². The molecule has 0 atom stereocenters. The van der Waals surface area contributed by atoms with E-state index in [0.717, 1.165) is 27.0 Å². The van der Waals surface area contributed by atoms with Crippen LogP contribution in [-0.2, 0) is 10.0 Å². The molecule has 0 aliphatic carbocycles. The van der Waals surface area contributed by atoms with Gasteiger partial charge in [-0.15, -0.1) is 0 Å². The fourth-order valence-electron chi connectivity index (χ4n) is 3.54. The first-order valence-corrected chi connectivity index (χ1v) is 12.6. The highest BCUT2D eigenvalue weighted by Crippen LogP contribution is 2.32. The SMILES string of the molecule is Cc1ccc(S(=O)(=O)Nc2nc3c(C)cc(NC(=O)Nc4cc(C)cc(C)c4)cc3s2)cc1. The number of benzene rings is 3. The molecule has 33 heavy (non-hydrogen) atoms. The number of urea groups is 1. The van der Waals surface area contributed by atoms with Gasteiger partial charge in [0, 0.05) is 11.4 Å². The molecular formula is C24H24N4O3S2. The molecule has 2 amide bonds. The van der Waals surface area contributed by atoms with Gasteiger partial charge >= 0.3 is 6.03 Å². The van der Waals surface area contributed by atoms with Gasteiger partial charge in [0.1, 0.15) is 0 Å². The summed E-state index contributed by atoms with van der Waals surface area (Å²) in [7, 11) is -3.74. The van der Waals surface area contributed by atoms with Gasteiger partial charge in [0.05, 0.1) is 15.1 Å². The number of carbonyl (C=O) groups is 1. The molecule has 0 saturated heterocycles. The van der Waals surface area contributed by atoms with E-state index in [4.69, 9.17) is 0 Å². The third kappa shape index (κ3) is 5.32. The van der Waals surface area contributed by atoms with Gasteiger partial charge in [-0.25, -0.2) is 18.2 Å². The van der Waals surface area contributed by atoms with Crippen LogP contribution in [0.25, 0.3) is 10.2 Å². The molecule has 3 aromatic carbocycles. The van der Waals surface area contributed by atoms with Gasteiger partial charge in [-0.05, 0) is 80.8 Å². The number of aromatic nitrogens is 1. The number of rotatable bonds is 5. The molecule has 4 rings (SSSR count). The number of sulfonamides is 1. The normalized spacial score (nSPS) is 11.4. The van der Waals surface area contributed by atoms with E-state index in [1.165, 1.54) is 11.3 Å². The summed E-state index contributed by atoms with van der Waals surface area (Å²) in [6, 6.07) is 15.7. The second-order valence-electron chi connectivity index (χ2n) is 8.03. The van der Waals surface area contributed by atoms with Gasteiger partial charge < -0.3 is 10.6 Å². The maximum atomic E-state index is 12.7. The van der Waals surface area contributed by atoms with Crippen molar-refractivity contribution < 1.29 is 13.2 Å². The molecule has 7 nitrogen and oxygen atoms in total. The minimum absolute atomic E-state index is 0.175. The number of amides is 2. The lowest BCUT2D eigenvalue weighted by molar-refractivity contribution is 0.262. The zero-order valence-electron chi connectivity index (χ0n) is 18.7. The van der Waals surface area contributed by atoms with Crippen molar-refractivity contribution in [1.82, 2.24) is 4.98 Å². The van der Waals surface area contributed by atoms with Crippen LogP contribution >= 0.6 is 11.3 Å². The number of nitrogens with zero attached hydrogens (tertiary/aromatic N) is 1. The highest BCUT2D eigenvalue weighted by atomic mass is 32.2. The number of aryl methyl sites for hydroxylation is 4. The van der Waals surface area contributed by atoms with Gasteiger partial charge in [0.15, 0.2) is 5.13 Å². The fraction of sp³-hybridized carbons (Fsp3) is 0.167. The standard InChI is InChI=1S/C24H24N4O3S2/c1-14-5-7-20(8-6-14)33(30,31)28-24-27-22-17(4)12-19(13-21(22)32-24)26-23(29)25-18-10-15(2)9-16(3)11-18/h5-13H,1-4H3,(H,27,28)(H2,25,26,29). The molecule has 4 aromatic rings. The van der Waals surface area contributed by atoms with E-state index in [1.807, 2.05) is 45.9 Å². The number of hydrogen-bond donors (Lipinski definition) is 3. The average Bonchev–Trinajstić information content (AvgIpc) is 3.09. The predicted molar refractivity (Wildman–Crippen MR) is 135 cm³/mol. The number of nitrogens with one attached hydrogen (secondary N) is 3. The van der Waals surface area contributed by atoms with Crippen molar-refractivity contribution in [3.05, 3.63) is 76.9 Å². The average molecular weight is 481 g/mol. The number of fused-ring (bicyclic) bond motifs is 1. The maximum Gasteiger partial charge on any atom is 0.323 e. The number of carbonyl (C=O) groups excluding carboxylic acids is 1. The molecule has 0 aliphatic heterocycles. The van der Waals surface area contributed by atoms with Crippen molar-refractivity contribution >= 4 is 54.1 Å². The first kappa shape index (κ1) is 22.8. The summed E-state index contributed by atoms with van der Waals surface area (Å²) >= 11 is 1.21. The fourth-order valence-corrected chi connectivity index (χ4v) is 5.76. The summed E-state index contributed by atoms with van der Waals surface area (Å²) in [5.41, 5.74) is 5.92. The van der Waals surface area contributed by atoms with Gasteiger partial charge in [0.25, 0.3) is 10.0 Å². The Hall–Kier alpha value is -3.43. The van der Waals surface area contributed by atoms with Crippen LogP contribution in [0.4, 0.5) is 21.3 Å². The van der Waals surface area contributed by atoms with E-state index in [0.29, 0.717) is 16.9 Å². The first-order chi connectivity index (χ1) is 15.6. The summed E-state index contributed by atoms with van der Waals surface area (Å²) in [5, 5.41) is 5.95. The minimum Gasteiger partial charge on any atom is -0.308 e. The van der Waals surface area contributed by atoms with Crippen LogP contribution in [-0.4, -0.2) is 19.4 Å². The summed E-state index contributed by atoms with van der Waals surface area (Å²) in [6.45, 7) is 7.71. The second kappa shape index (κ2) is 8.84. The van der Waals surface area contributed by atoms with Crippen molar-refractivity contribution in [3.8, 4) is 0 Å². The zero-order valence-corrected chi connectivity index (χ0v) is 20.3. The van der Waals surface area contributed by atoms with Crippen molar-refractivity contribution in [1.29, 1.82) is 0 Å². The van der Waals surface area contributed by atoms with E-state index in [9.17, 15) is 13.2 Å². The van der Waals surface area contributed by atoms with Crippen LogP contribution in [0, 0.1) is 27.7 Å². The van der Waals surface area contributed by atoms with Crippen LogP contribution in [0.5, 0.6) is 0 Å². The van der Waals surface area contributed by atoms with Crippen molar-refractivity contribution in [3.63, 3.8) is 0 Å². The molecule has 0 unspecified atom stereocenters. The Morgan fingerprint density at radius 3 is 2.06 bits per heavy atom. The summed E-state index contributed by atoms with van der Waals surface area (Å²) in [6.07, 6.45) is 0. The van der Waals surface area contributed by atoms with Crippen molar-refractivity contribution in [2.75, 3.05) is 15.4 Å². The Bertz CT molecular complexity index is 1440. The van der Waals surface area contributed by atoms with Gasteiger partial charge in [-0.3, -0.25) is 4.72 Å². The molecule has 3 N–H and O–H groups in total. The summed E-state index contributed by atoms with van der Waals surface area (Å²) in [4.78, 5) is 17.1. The minimum atomic E-state index is -3.74. The summed E-state index contributed by atoms with van der Waals surface area (Å²) < 4.78 is 28.7. The van der Waals surface area contributed by atoms with E-state index < -0.39 is 10.0 Å². The molecule has 0 saturated carbocycles. The highest BCUT2D eigenvalue weighted by Gasteiger charge is 2.17. The zero-order chi connectivity index (χ0) is 23.8. The van der Waals surface area contributed by atoms with Gasteiger partial charge in [0.2, 0.25) is 0 Å². The van der Waals surface area contributed by atoms with Crippen LogP contribution in [0.1, 0.15) is 22.3 Å². The first-order valence-electron chi connectivity index (χ1n) is 10.3. The number of hydrogen-bond acceptors (Lipinski definition) is 5. The van der Waals surface area contributed by atoms with E-state index >= 15 is 0 Å². The predicted octanol–water partition coefficient (Wildman–Crippen LogP) is 5.97. The molecule has 0 aliphatic rings. The van der Waals surface area contributed by atoms with Crippen LogP contribution in [0.15, 0.2) is 59.5 Å². The topological polar surface area (TPSA) is 100 Å². The van der Waals surface area contributed by atoms with Gasteiger partial charge in [-0.1, -0.05) is 35.1 Å². The number of thiazole rings is 1. The lowest BCUT2D eigenvalue weighted by Gasteiger charge is -2.10. The van der Waals surface area contributed by atoms with E-state index in [2.05, 4.69) is 20.3 Å². The van der Waals surface area contributed by atoms with Crippen molar-refractivity contribution in [2.24, 2.45) is 0 Å². The molecule has 170 valence electrons. The monoisotopic (exact) mass is 480 g/mol. The Balaban J connectivity index is 1.54. The highest BCUT2D eigenvalue weighted by molar-refractivity contribution is 7.93. The Labute approximate surface area is 196 Å². The third-order valence-electron chi connectivity index (χ3n) is 4.98. The second-order valence-corrected chi connectivity index (χ2v) is 10.7. The smallest absolute Gasteiger partial charge is 0.308 e. The lowest BCUT2D eigenvalue weighted by Crippen LogP contribution is -2.19. The molecule has 1 aromatic heterocycles. The quantitative estimate of drug-likeness (QED) is 0.327. The Kier molecular flexibility index (Phi) is 6.09.